The number of aromatic nitrogens is 1. The molecule has 2 aromatic carbocycles. The Morgan fingerprint density at radius 2 is 1.84 bits per heavy atom. The van der Waals surface area contributed by atoms with Gasteiger partial charge in [-0.25, -0.2) is 0 Å². The van der Waals surface area contributed by atoms with Gasteiger partial charge in [-0.3, -0.25) is 0 Å². The number of hydrogen-bond acceptors (Lipinski definition) is 6. The van der Waals surface area contributed by atoms with E-state index in [0.717, 1.165) is 17.5 Å². The van der Waals surface area contributed by atoms with Crippen LogP contribution in [-0.2, 0) is 0 Å². The Bertz CT molecular complexity index is 932. The van der Waals surface area contributed by atoms with Crippen molar-refractivity contribution < 1.29 is 24.2 Å². The Balaban J connectivity index is 1.92. The molecule has 0 radical (unpaired) electrons. The molecule has 0 unspecified atom stereocenters. The van der Waals surface area contributed by atoms with Crippen molar-refractivity contribution in [2.75, 3.05) is 13.2 Å². The minimum atomic E-state index is -0.0865. The van der Waals surface area contributed by atoms with Gasteiger partial charge in [-0.2, -0.15) is 0 Å². The second kappa shape index (κ2) is 6.05. The number of aromatic hydroxyl groups is 2. The molecule has 0 atom stereocenters. The number of fused-ring (bicyclic) bond motifs is 1. The van der Waals surface area contributed by atoms with Gasteiger partial charge in [0.25, 0.3) is 0 Å². The van der Waals surface area contributed by atoms with Crippen molar-refractivity contribution in [2.24, 2.45) is 0 Å². The minimum absolute atomic E-state index is 0.0238. The molecule has 2 heterocycles. The van der Waals surface area contributed by atoms with Crippen LogP contribution in [0.4, 0.5) is 0 Å². The maximum atomic E-state index is 10.2. The topological polar surface area (TPSA) is 85.0 Å². The van der Waals surface area contributed by atoms with Gasteiger partial charge < -0.3 is 24.2 Å². The molecule has 4 rings (SSSR count). The van der Waals surface area contributed by atoms with E-state index in [4.69, 9.17) is 14.0 Å². The van der Waals surface area contributed by atoms with Crippen LogP contribution in [0.2, 0.25) is 0 Å². The fraction of sp³-hybridized carbons (Fsp3) is 0.211. The second-order valence-corrected chi connectivity index (χ2v) is 5.86. The van der Waals surface area contributed by atoms with Gasteiger partial charge in [0.1, 0.15) is 11.5 Å². The number of ether oxygens (including phenoxy) is 2. The normalized spacial score (nSPS) is 13.5. The van der Waals surface area contributed by atoms with Crippen molar-refractivity contribution >= 4 is 0 Å². The number of phenolic OH excluding ortho intramolecular Hbond substituents is 2. The van der Waals surface area contributed by atoms with Crippen LogP contribution in [0.25, 0.3) is 22.5 Å². The fourth-order valence-electron chi connectivity index (χ4n) is 2.97. The van der Waals surface area contributed by atoms with E-state index in [0.29, 0.717) is 41.7 Å². The van der Waals surface area contributed by atoms with E-state index in [1.54, 1.807) is 6.07 Å². The molecular formula is C19H17NO5. The monoisotopic (exact) mass is 339 g/mol. The van der Waals surface area contributed by atoms with Crippen molar-refractivity contribution in [1.29, 1.82) is 0 Å². The van der Waals surface area contributed by atoms with E-state index in [9.17, 15) is 10.2 Å². The summed E-state index contributed by atoms with van der Waals surface area (Å²) in [6.07, 6.45) is 0.808. The van der Waals surface area contributed by atoms with Gasteiger partial charge in [0.15, 0.2) is 17.3 Å². The van der Waals surface area contributed by atoms with Crippen LogP contribution in [0.3, 0.4) is 0 Å². The summed E-state index contributed by atoms with van der Waals surface area (Å²) in [7, 11) is 0. The zero-order valence-electron chi connectivity index (χ0n) is 13.7. The van der Waals surface area contributed by atoms with Crippen molar-refractivity contribution in [3.63, 3.8) is 0 Å². The Kier molecular flexibility index (Phi) is 3.72. The average molecular weight is 339 g/mol. The molecule has 0 saturated heterocycles. The number of phenols is 2. The molecule has 0 fully saturated rings. The molecule has 6 heteroatoms. The molecule has 1 aliphatic rings. The Hall–Kier alpha value is -3.15. The number of hydrogen-bond donors (Lipinski definition) is 2. The third-order valence-electron chi connectivity index (χ3n) is 4.13. The highest BCUT2D eigenvalue weighted by Crippen LogP contribution is 2.46. The first-order valence-electron chi connectivity index (χ1n) is 8.03. The molecule has 25 heavy (non-hydrogen) atoms. The standard InChI is InChI=1S/C19H17NO5/c1-11-17(14-4-2-5-16-18(14)24-9-3-8-23-16)19(25-20-11)13-7-6-12(21)10-15(13)22/h2,4-7,10,21-22H,3,8-9H2,1H3. The summed E-state index contributed by atoms with van der Waals surface area (Å²) in [5.74, 6) is 1.62. The summed E-state index contributed by atoms with van der Waals surface area (Å²) < 4.78 is 17.1. The van der Waals surface area contributed by atoms with Crippen LogP contribution in [0.1, 0.15) is 12.1 Å². The van der Waals surface area contributed by atoms with E-state index >= 15 is 0 Å². The Labute approximate surface area is 144 Å². The van der Waals surface area contributed by atoms with Crippen LogP contribution >= 0.6 is 0 Å². The van der Waals surface area contributed by atoms with E-state index in [1.165, 1.54) is 12.1 Å². The molecule has 0 bridgehead atoms. The Morgan fingerprint density at radius 1 is 1.00 bits per heavy atom. The van der Waals surface area contributed by atoms with Gasteiger partial charge >= 0.3 is 0 Å². The first-order chi connectivity index (χ1) is 12.1. The summed E-state index contributed by atoms with van der Waals surface area (Å²) >= 11 is 0. The van der Waals surface area contributed by atoms with Gasteiger partial charge in [-0.15, -0.1) is 0 Å². The largest absolute Gasteiger partial charge is 0.508 e. The predicted octanol–water partition coefficient (Wildman–Crippen LogP) is 3.89. The van der Waals surface area contributed by atoms with E-state index in [-0.39, 0.29) is 11.5 Å². The summed E-state index contributed by atoms with van der Waals surface area (Å²) in [4.78, 5) is 0. The molecule has 128 valence electrons. The summed E-state index contributed by atoms with van der Waals surface area (Å²) in [6.45, 7) is 3.00. The van der Waals surface area contributed by atoms with E-state index in [1.807, 2.05) is 25.1 Å². The van der Waals surface area contributed by atoms with Crippen LogP contribution in [0, 0.1) is 6.92 Å². The van der Waals surface area contributed by atoms with E-state index in [2.05, 4.69) is 5.16 Å². The van der Waals surface area contributed by atoms with Crippen molar-refractivity contribution in [3.05, 3.63) is 42.1 Å². The highest BCUT2D eigenvalue weighted by Gasteiger charge is 2.25. The molecule has 2 N–H and O–H groups in total. The van der Waals surface area contributed by atoms with Gasteiger partial charge in [0, 0.05) is 18.1 Å². The zero-order chi connectivity index (χ0) is 17.4. The van der Waals surface area contributed by atoms with Gasteiger partial charge in [0.2, 0.25) is 0 Å². The zero-order valence-corrected chi connectivity index (χ0v) is 13.7. The Morgan fingerprint density at radius 3 is 2.68 bits per heavy atom. The fourth-order valence-corrected chi connectivity index (χ4v) is 2.97. The molecule has 0 amide bonds. The molecule has 0 aliphatic carbocycles. The van der Waals surface area contributed by atoms with Gasteiger partial charge in [-0.1, -0.05) is 17.3 Å². The first-order valence-corrected chi connectivity index (χ1v) is 8.03. The molecule has 1 aliphatic heterocycles. The minimum Gasteiger partial charge on any atom is -0.508 e. The maximum absolute atomic E-state index is 10.2. The highest BCUT2D eigenvalue weighted by molar-refractivity contribution is 5.87. The number of nitrogens with zero attached hydrogens (tertiary/aromatic N) is 1. The second-order valence-electron chi connectivity index (χ2n) is 5.86. The number of rotatable bonds is 2. The lowest BCUT2D eigenvalue weighted by Crippen LogP contribution is -1.98. The van der Waals surface area contributed by atoms with Crippen molar-refractivity contribution in [2.45, 2.75) is 13.3 Å². The van der Waals surface area contributed by atoms with Crippen LogP contribution in [0.15, 0.2) is 40.9 Å². The maximum Gasteiger partial charge on any atom is 0.178 e. The van der Waals surface area contributed by atoms with Crippen LogP contribution in [-0.4, -0.2) is 28.6 Å². The lowest BCUT2D eigenvalue weighted by Gasteiger charge is -2.13. The summed E-state index contributed by atoms with van der Waals surface area (Å²) in [5.41, 5.74) is 2.63. The molecule has 3 aromatic rings. The molecule has 1 aromatic heterocycles. The lowest BCUT2D eigenvalue weighted by molar-refractivity contribution is 0.297. The third kappa shape index (κ3) is 2.65. The quantitative estimate of drug-likeness (QED) is 0.737. The molecule has 0 saturated carbocycles. The lowest BCUT2D eigenvalue weighted by atomic mass is 9.98. The van der Waals surface area contributed by atoms with Gasteiger partial charge in [-0.05, 0) is 25.1 Å². The number of para-hydroxylation sites is 1. The predicted molar refractivity (Wildman–Crippen MR) is 91.0 cm³/mol. The highest BCUT2D eigenvalue weighted by atomic mass is 16.5. The van der Waals surface area contributed by atoms with Crippen LogP contribution < -0.4 is 9.47 Å². The summed E-state index contributed by atoms with van der Waals surface area (Å²) in [6, 6.07) is 10.0. The number of benzene rings is 2. The smallest absolute Gasteiger partial charge is 0.178 e. The molecular weight excluding hydrogens is 322 g/mol. The van der Waals surface area contributed by atoms with Crippen molar-refractivity contribution in [3.8, 4) is 45.4 Å². The average Bonchev–Trinajstić information content (AvgIpc) is 2.81. The SMILES string of the molecule is Cc1noc(-c2ccc(O)cc2O)c1-c1cccc2c1OCCCO2. The van der Waals surface area contributed by atoms with E-state index < -0.39 is 0 Å². The van der Waals surface area contributed by atoms with Gasteiger partial charge in [0.05, 0.1) is 30.0 Å². The molecule has 6 nitrogen and oxygen atoms in total. The number of aryl methyl sites for hydroxylation is 1. The first kappa shape index (κ1) is 15.4. The summed E-state index contributed by atoms with van der Waals surface area (Å²) in [5, 5.41) is 23.8. The molecule has 0 spiro atoms. The van der Waals surface area contributed by atoms with Crippen molar-refractivity contribution in [1.82, 2.24) is 5.16 Å². The van der Waals surface area contributed by atoms with Crippen LogP contribution in [0.5, 0.6) is 23.0 Å². The third-order valence-corrected chi connectivity index (χ3v) is 4.13.